The zero-order valence-corrected chi connectivity index (χ0v) is 11.0. The maximum atomic E-state index is 6.25. The lowest BCUT2D eigenvalue weighted by molar-refractivity contribution is 0.334. The highest BCUT2D eigenvalue weighted by molar-refractivity contribution is 8.01. The van der Waals surface area contributed by atoms with Gasteiger partial charge in [0.15, 0.2) is 4.34 Å². The molecular formula is C10H17N3S2. The van der Waals surface area contributed by atoms with Gasteiger partial charge in [-0.25, -0.2) is 4.98 Å². The van der Waals surface area contributed by atoms with E-state index in [0.29, 0.717) is 5.25 Å². The van der Waals surface area contributed by atoms with E-state index in [0.717, 1.165) is 10.2 Å². The summed E-state index contributed by atoms with van der Waals surface area (Å²) in [6.07, 6.45) is 2.40. The molecule has 0 bridgehead atoms. The van der Waals surface area contributed by atoms with Gasteiger partial charge in [0.05, 0.1) is 0 Å². The van der Waals surface area contributed by atoms with Gasteiger partial charge in [0.25, 0.3) is 0 Å². The Morgan fingerprint density at radius 2 is 2.27 bits per heavy atom. The molecule has 2 rings (SSSR count). The van der Waals surface area contributed by atoms with E-state index >= 15 is 0 Å². The Balaban J connectivity index is 2.02. The van der Waals surface area contributed by atoms with Gasteiger partial charge in [-0.2, -0.15) is 4.37 Å². The smallest absolute Gasteiger partial charge is 0.170 e. The third kappa shape index (κ3) is 2.34. The maximum absolute atomic E-state index is 6.25. The van der Waals surface area contributed by atoms with Crippen LogP contribution in [0.4, 0.5) is 0 Å². The minimum atomic E-state index is 0.270. The van der Waals surface area contributed by atoms with E-state index in [1.54, 1.807) is 11.8 Å². The lowest BCUT2D eigenvalue weighted by atomic mass is 9.88. The second kappa shape index (κ2) is 4.03. The van der Waals surface area contributed by atoms with Crippen LogP contribution >= 0.6 is 23.3 Å². The number of hydrogen-bond acceptors (Lipinski definition) is 5. The molecule has 0 amide bonds. The van der Waals surface area contributed by atoms with Crippen LogP contribution < -0.4 is 5.73 Å². The van der Waals surface area contributed by atoms with Crippen LogP contribution in [0.5, 0.6) is 0 Å². The van der Waals surface area contributed by atoms with Crippen LogP contribution in [0.25, 0.3) is 0 Å². The van der Waals surface area contributed by atoms with E-state index in [1.807, 2.05) is 6.92 Å². The van der Waals surface area contributed by atoms with Gasteiger partial charge in [0, 0.05) is 11.3 Å². The number of nitrogens with two attached hydrogens (primary N) is 1. The number of thioether (sulfide) groups is 1. The fourth-order valence-corrected chi connectivity index (χ4v) is 4.22. The van der Waals surface area contributed by atoms with Crippen molar-refractivity contribution in [1.29, 1.82) is 0 Å². The van der Waals surface area contributed by atoms with Gasteiger partial charge in [-0.15, -0.1) is 0 Å². The molecule has 0 aliphatic heterocycles. The van der Waals surface area contributed by atoms with Crippen molar-refractivity contribution >= 4 is 23.3 Å². The van der Waals surface area contributed by atoms with Crippen molar-refractivity contribution in [2.75, 3.05) is 0 Å². The molecule has 5 heteroatoms. The van der Waals surface area contributed by atoms with Crippen LogP contribution in [0.1, 0.15) is 32.5 Å². The summed E-state index contributed by atoms with van der Waals surface area (Å²) < 4.78 is 5.25. The number of aromatic nitrogens is 2. The molecule has 2 unspecified atom stereocenters. The van der Waals surface area contributed by atoms with Gasteiger partial charge in [-0.1, -0.05) is 25.6 Å². The lowest BCUT2D eigenvalue weighted by Gasteiger charge is -2.25. The van der Waals surface area contributed by atoms with E-state index in [9.17, 15) is 0 Å². The SMILES string of the molecule is Cc1nsc(SC2CCC(C)(C)C2N)n1. The third-order valence-corrected chi connectivity index (χ3v) is 5.38. The van der Waals surface area contributed by atoms with E-state index in [4.69, 9.17) is 5.73 Å². The Hall–Kier alpha value is -0.130. The second-order valence-electron chi connectivity index (χ2n) is 4.82. The largest absolute Gasteiger partial charge is 0.326 e. The summed E-state index contributed by atoms with van der Waals surface area (Å²) in [6.45, 7) is 6.44. The van der Waals surface area contributed by atoms with Gasteiger partial charge < -0.3 is 5.73 Å². The first-order chi connectivity index (χ1) is 6.99. The molecule has 1 saturated carbocycles. The third-order valence-electron chi connectivity index (χ3n) is 3.14. The summed E-state index contributed by atoms with van der Waals surface area (Å²) in [5.41, 5.74) is 6.52. The first kappa shape index (κ1) is 11.4. The van der Waals surface area contributed by atoms with Crippen molar-refractivity contribution in [1.82, 2.24) is 9.36 Å². The molecule has 1 aromatic heterocycles. The average Bonchev–Trinajstić information content (AvgIpc) is 2.66. The Kier molecular flexibility index (Phi) is 3.05. The van der Waals surface area contributed by atoms with Crippen LogP contribution in [-0.4, -0.2) is 20.6 Å². The van der Waals surface area contributed by atoms with Crippen LogP contribution in [0.2, 0.25) is 0 Å². The van der Waals surface area contributed by atoms with Gasteiger partial charge >= 0.3 is 0 Å². The molecule has 0 radical (unpaired) electrons. The molecule has 1 aromatic rings. The lowest BCUT2D eigenvalue weighted by Crippen LogP contribution is -2.38. The van der Waals surface area contributed by atoms with Crippen molar-refractivity contribution in [2.45, 2.75) is 49.2 Å². The summed E-state index contributed by atoms with van der Waals surface area (Å²) in [5, 5.41) is 0.507. The number of hydrogen-bond donors (Lipinski definition) is 1. The summed E-state index contributed by atoms with van der Waals surface area (Å²) in [6, 6.07) is 0.270. The number of aryl methyl sites for hydroxylation is 1. The second-order valence-corrected chi connectivity index (χ2v) is 7.06. The quantitative estimate of drug-likeness (QED) is 0.867. The zero-order valence-electron chi connectivity index (χ0n) is 9.36. The fourth-order valence-electron chi connectivity index (χ4n) is 1.95. The predicted octanol–water partition coefficient (Wildman–Crippen LogP) is 2.45. The Bertz CT molecular complexity index is 348. The van der Waals surface area contributed by atoms with Crippen molar-refractivity contribution < 1.29 is 0 Å². The molecule has 2 N–H and O–H groups in total. The maximum Gasteiger partial charge on any atom is 0.170 e. The first-order valence-corrected chi connectivity index (χ1v) is 6.87. The molecule has 1 aliphatic rings. The zero-order chi connectivity index (χ0) is 11.1. The Labute approximate surface area is 99.0 Å². The molecule has 2 atom stereocenters. The van der Waals surface area contributed by atoms with Gasteiger partial charge in [-0.05, 0) is 36.7 Å². The van der Waals surface area contributed by atoms with E-state index in [-0.39, 0.29) is 11.5 Å². The summed E-state index contributed by atoms with van der Waals surface area (Å²) >= 11 is 3.29. The van der Waals surface area contributed by atoms with Crippen LogP contribution in [-0.2, 0) is 0 Å². The van der Waals surface area contributed by atoms with Gasteiger partial charge in [-0.3, -0.25) is 0 Å². The van der Waals surface area contributed by atoms with E-state index in [1.165, 1.54) is 24.4 Å². The van der Waals surface area contributed by atoms with Crippen LogP contribution in [0, 0.1) is 12.3 Å². The minimum absolute atomic E-state index is 0.270. The van der Waals surface area contributed by atoms with E-state index in [2.05, 4.69) is 23.2 Å². The fraction of sp³-hybridized carbons (Fsp3) is 0.800. The molecule has 0 aromatic carbocycles. The highest BCUT2D eigenvalue weighted by Crippen LogP contribution is 2.44. The van der Waals surface area contributed by atoms with Crippen LogP contribution in [0.3, 0.4) is 0 Å². The van der Waals surface area contributed by atoms with E-state index < -0.39 is 0 Å². The van der Waals surface area contributed by atoms with Crippen molar-refractivity contribution in [3.8, 4) is 0 Å². The van der Waals surface area contributed by atoms with Gasteiger partial charge in [0.2, 0.25) is 0 Å². The number of nitrogens with zero attached hydrogens (tertiary/aromatic N) is 2. The normalized spacial score (nSPS) is 29.6. The van der Waals surface area contributed by atoms with Crippen molar-refractivity contribution in [3.05, 3.63) is 5.82 Å². The van der Waals surface area contributed by atoms with Crippen molar-refractivity contribution in [2.24, 2.45) is 11.1 Å². The summed E-state index contributed by atoms with van der Waals surface area (Å²) in [7, 11) is 0. The molecule has 0 saturated heterocycles. The first-order valence-electron chi connectivity index (χ1n) is 5.21. The predicted molar refractivity (Wildman–Crippen MR) is 65.3 cm³/mol. The Morgan fingerprint density at radius 1 is 1.53 bits per heavy atom. The molecule has 3 nitrogen and oxygen atoms in total. The average molecular weight is 243 g/mol. The summed E-state index contributed by atoms with van der Waals surface area (Å²) in [4.78, 5) is 4.37. The molecule has 1 fully saturated rings. The molecule has 1 heterocycles. The molecule has 1 aliphatic carbocycles. The topological polar surface area (TPSA) is 51.8 Å². The highest BCUT2D eigenvalue weighted by Gasteiger charge is 2.40. The summed E-state index contributed by atoms with van der Waals surface area (Å²) in [5.74, 6) is 0.869. The minimum Gasteiger partial charge on any atom is -0.326 e. The van der Waals surface area contributed by atoms with Crippen molar-refractivity contribution in [3.63, 3.8) is 0 Å². The van der Waals surface area contributed by atoms with Crippen LogP contribution in [0.15, 0.2) is 4.34 Å². The molecule has 15 heavy (non-hydrogen) atoms. The molecule has 84 valence electrons. The number of rotatable bonds is 2. The van der Waals surface area contributed by atoms with Gasteiger partial charge in [0.1, 0.15) is 5.82 Å². The standard InChI is InChI=1S/C10H17N3S2/c1-6-12-9(15-13-6)14-7-4-5-10(2,3)8(7)11/h7-8H,4-5,11H2,1-3H3. The molecular weight excluding hydrogens is 226 g/mol. The molecule has 0 spiro atoms. The monoisotopic (exact) mass is 243 g/mol. The highest BCUT2D eigenvalue weighted by atomic mass is 32.2. The Morgan fingerprint density at radius 3 is 2.73 bits per heavy atom.